The van der Waals surface area contributed by atoms with E-state index >= 15 is 0 Å². The molecule has 4 heterocycles. The topological polar surface area (TPSA) is 127 Å². The van der Waals surface area contributed by atoms with Crippen LogP contribution in [0.2, 0.25) is 0 Å². The number of aliphatic hydroxyl groups excluding tert-OH is 1. The minimum Gasteiger partial charge on any atom is -0.423 e. The number of nitrogens with one attached hydrogen (secondary N) is 2. The van der Waals surface area contributed by atoms with Crippen LogP contribution < -0.4 is 10.6 Å². The lowest BCUT2D eigenvalue weighted by Crippen LogP contribution is -2.18. The molecule has 0 aliphatic carbocycles. The molecule has 0 saturated carbocycles. The first-order valence-corrected chi connectivity index (χ1v) is 11.2. The van der Waals surface area contributed by atoms with E-state index in [1.165, 1.54) is 6.39 Å². The van der Waals surface area contributed by atoms with Crippen molar-refractivity contribution in [3.63, 3.8) is 0 Å². The molecule has 180 valence electrons. The maximum atomic E-state index is 10.1. The highest BCUT2D eigenvalue weighted by Crippen LogP contribution is 2.43. The SMILES string of the molecule is COC1OC(C)(C)c2nc(Nc3cc(N[C@H](CO)c4ccccc4)c(-c4nnco4)cn3)ccc21. The van der Waals surface area contributed by atoms with Crippen LogP contribution in [-0.4, -0.2) is 39.0 Å². The Morgan fingerprint density at radius 2 is 1.97 bits per heavy atom. The third-order valence-electron chi connectivity index (χ3n) is 5.83. The first kappa shape index (κ1) is 22.9. The Morgan fingerprint density at radius 1 is 1.14 bits per heavy atom. The van der Waals surface area contributed by atoms with Gasteiger partial charge in [0, 0.05) is 24.9 Å². The fourth-order valence-corrected chi connectivity index (χ4v) is 4.12. The number of aliphatic hydroxyl groups is 1. The summed E-state index contributed by atoms with van der Waals surface area (Å²) in [5, 5.41) is 24.5. The van der Waals surface area contributed by atoms with Gasteiger partial charge in [-0.15, -0.1) is 10.2 Å². The van der Waals surface area contributed by atoms with Gasteiger partial charge in [-0.25, -0.2) is 9.97 Å². The summed E-state index contributed by atoms with van der Waals surface area (Å²) in [6.45, 7) is 3.81. The van der Waals surface area contributed by atoms with Gasteiger partial charge in [0.1, 0.15) is 17.2 Å². The summed E-state index contributed by atoms with van der Waals surface area (Å²) in [6, 6.07) is 15.0. The van der Waals surface area contributed by atoms with E-state index in [0.29, 0.717) is 28.8 Å². The molecule has 10 nitrogen and oxygen atoms in total. The van der Waals surface area contributed by atoms with Crippen molar-refractivity contribution in [3.05, 3.63) is 77.9 Å². The molecule has 1 unspecified atom stereocenters. The summed E-state index contributed by atoms with van der Waals surface area (Å²) in [7, 11) is 1.61. The lowest BCUT2D eigenvalue weighted by atomic mass is 10.0. The first-order valence-electron chi connectivity index (χ1n) is 11.2. The summed E-state index contributed by atoms with van der Waals surface area (Å²) in [5.74, 6) is 1.48. The van der Waals surface area contributed by atoms with Crippen LogP contribution in [0, 0.1) is 0 Å². The van der Waals surface area contributed by atoms with E-state index < -0.39 is 11.9 Å². The molecular formula is C25H26N6O4. The van der Waals surface area contributed by atoms with Gasteiger partial charge < -0.3 is 29.6 Å². The summed E-state index contributed by atoms with van der Waals surface area (Å²) >= 11 is 0. The van der Waals surface area contributed by atoms with Crippen molar-refractivity contribution < 1.29 is 19.0 Å². The molecule has 2 atom stereocenters. The van der Waals surface area contributed by atoms with E-state index in [1.54, 1.807) is 13.3 Å². The van der Waals surface area contributed by atoms with E-state index in [9.17, 15) is 5.11 Å². The number of hydrogen-bond acceptors (Lipinski definition) is 10. The monoisotopic (exact) mass is 474 g/mol. The molecule has 0 saturated heterocycles. The Kier molecular flexibility index (Phi) is 6.16. The van der Waals surface area contributed by atoms with Crippen molar-refractivity contribution in [2.75, 3.05) is 24.4 Å². The van der Waals surface area contributed by atoms with Crippen LogP contribution in [0.3, 0.4) is 0 Å². The number of fused-ring (bicyclic) bond motifs is 1. The maximum absolute atomic E-state index is 10.1. The molecule has 0 bridgehead atoms. The lowest BCUT2D eigenvalue weighted by Gasteiger charge is -2.20. The van der Waals surface area contributed by atoms with Crippen LogP contribution in [-0.2, 0) is 15.1 Å². The predicted molar refractivity (Wildman–Crippen MR) is 129 cm³/mol. The van der Waals surface area contributed by atoms with Gasteiger partial charge in [0.15, 0.2) is 6.29 Å². The summed E-state index contributed by atoms with van der Waals surface area (Å²) in [4.78, 5) is 9.29. The number of aromatic nitrogens is 4. The number of benzene rings is 1. The Bertz CT molecular complexity index is 1300. The molecule has 35 heavy (non-hydrogen) atoms. The third kappa shape index (κ3) is 4.59. The van der Waals surface area contributed by atoms with Gasteiger partial charge in [-0.3, -0.25) is 0 Å². The van der Waals surface area contributed by atoms with Crippen LogP contribution in [0.1, 0.15) is 43.0 Å². The predicted octanol–water partition coefficient (Wildman–Crippen LogP) is 4.33. The van der Waals surface area contributed by atoms with Crippen LogP contribution in [0.25, 0.3) is 11.5 Å². The standard InChI is InChI=1S/C25H26N6O4/c1-25(2)22-16(24(33-3)35-25)9-10-20(30-22)29-21-11-18(17(12-26-21)23-31-27-14-34-23)28-19(13-32)15-7-5-4-6-8-15/h4-12,14,19,24,32H,13H2,1-3H3,(H2,26,28,29,30)/t19-,24?/m1/s1. The normalized spacial score (nSPS) is 17.1. The second-order valence-corrected chi connectivity index (χ2v) is 8.60. The van der Waals surface area contributed by atoms with Gasteiger partial charge in [0.05, 0.1) is 29.6 Å². The average Bonchev–Trinajstić information content (AvgIpc) is 3.49. The number of rotatable bonds is 8. The largest absolute Gasteiger partial charge is 0.423 e. The van der Waals surface area contributed by atoms with Crippen molar-refractivity contribution >= 4 is 17.3 Å². The number of hydrogen-bond donors (Lipinski definition) is 3. The number of ether oxygens (including phenoxy) is 2. The first-order chi connectivity index (χ1) is 17.0. The third-order valence-corrected chi connectivity index (χ3v) is 5.83. The minimum atomic E-state index is -0.584. The van der Waals surface area contributed by atoms with E-state index in [4.69, 9.17) is 18.9 Å². The van der Waals surface area contributed by atoms with Crippen molar-refractivity contribution in [2.24, 2.45) is 0 Å². The summed E-state index contributed by atoms with van der Waals surface area (Å²) < 4.78 is 16.8. The van der Waals surface area contributed by atoms with Crippen LogP contribution in [0.5, 0.6) is 0 Å². The van der Waals surface area contributed by atoms with E-state index in [2.05, 4.69) is 25.8 Å². The van der Waals surface area contributed by atoms with Crippen molar-refractivity contribution in [3.8, 4) is 11.5 Å². The Morgan fingerprint density at radius 3 is 2.69 bits per heavy atom. The number of methoxy groups -OCH3 is 1. The van der Waals surface area contributed by atoms with Gasteiger partial charge in [-0.1, -0.05) is 30.3 Å². The van der Waals surface area contributed by atoms with Crippen molar-refractivity contribution in [1.82, 2.24) is 20.2 Å². The second kappa shape index (κ2) is 9.41. The Labute approximate surface area is 202 Å². The zero-order valence-electron chi connectivity index (χ0n) is 19.6. The van der Waals surface area contributed by atoms with Crippen LogP contribution >= 0.6 is 0 Å². The summed E-state index contributed by atoms with van der Waals surface area (Å²) in [5.41, 5.74) is 3.34. The van der Waals surface area contributed by atoms with Gasteiger partial charge >= 0.3 is 0 Å². The molecule has 0 radical (unpaired) electrons. The van der Waals surface area contributed by atoms with Gasteiger partial charge in [-0.2, -0.15) is 0 Å². The molecule has 0 amide bonds. The van der Waals surface area contributed by atoms with Gasteiger partial charge in [0.2, 0.25) is 6.39 Å². The number of nitrogens with zero attached hydrogens (tertiary/aromatic N) is 4. The fraction of sp³-hybridized carbons (Fsp3) is 0.280. The quantitative estimate of drug-likeness (QED) is 0.339. The van der Waals surface area contributed by atoms with Gasteiger partial charge in [-0.05, 0) is 31.5 Å². The molecular weight excluding hydrogens is 448 g/mol. The fourth-order valence-electron chi connectivity index (χ4n) is 4.12. The molecule has 0 fully saturated rings. The highest BCUT2D eigenvalue weighted by Gasteiger charge is 2.39. The highest BCUT2D eigenvalue weighted by molar-refractivity contribution is 5.75. The summed E-state index contributed by atoms with van der Waals surface area (Å²) in [6.07, 6.45) is 2.45. The molecule has 4 aromatic rings. The lowest BCUT2D eigenvalue weighted by molar-refractivity contribution is -0.175. The molecule has 1 aliphatic rings. The molecule has 1 aliphatic heterocycles. The highest BCUT2D eigenvalue weighted by atomic mass is 16.7. The van der Waals surface area contributed by atoms with Crippen molar-refractivity contribution in [2.45, 2.75) is 31.8 Å². The smallest absolute Gasteiger partial charge is 0.251 e. The Hall–Kier alpha value is -3.86. The van der Waals surface area contributed by atoms with Crippen molar-refractivity contribution in [1.29, 1.82) is 0 Å². The number of anilines is 3. The minimum absolute atomic E-state index is 0.111. The van der Waals surface area contributed by atoms with E-state index in [-0.39, 0.29) is 12.6 Å². The molecule has 5 rings (SSSR count). The zero-order chi connectivity index (χ0) is 24.4. The Balaban J connectivity index is 1.47. The molecule has 10 heteroatoms. The second-order valence-electron chi connectivity index (χ2n) is 8.60. The maximum Gasteiger partial charge on any atom is 0.251 e. The molecule has 3 N–H and O–H groups in total. The van der Waals surface area contributed by atoms with Crippen LogP contribution in [0.4, 0.5) is 17.3 Å². The molecule has 1 aromatic carbocycles. The number of pyridine rings is 2. The average molecular weight is 475 g/mol. The van der Waals surface area contributed by atoms with E-state index in [0.717, 1.165) is 16.8 Å². The van der Waals surface area contributed by atoms with E-state index in [1.807, 2.05) is 62.4 Å². The van der Waals surface area contributed by atoms with Gasteiger partial charge in [0.25, 0.3) is 5.89 Å². The molecule has 3 aromatic heterocycles. The molecule has 0 spiro atoms. The zero-order valence-corrected chi connectivity index (χ0v) is 19.6. The van der Waals surface area contributed by atoms with Crippen LogP contribution in [0.15, 0.2) is 65.5 Å².